The topological polar surface area (TPSA) is 36.7 Å². The lowest BCUT2D eigenvalue weighted by molar-refractivity contribution is -0.956. The van der Waals surface area contributed by atoms with Crippen molar-refractivity contribution in [2.75, 3.05) is 11.9 Å². The maximum Gasteiger partial charge on any atom is 0.0946 e. The standard InChI is InChI=1S/C17H34BrNO2/c1-16(2)13-15(14-17(3,4)19(16)20)21-12-10-8-6-5-7-9-11-18/h15,19H,5-14H2,1-4H3. The van der Waals surface area contributed by atoms with Crippen LogP contribution >= 0.6 is 15.9 Å². The van der Waals surface area contributed by atoms with Crippen LogP contribution in [-0.4, -0.2) is 29.1 Å². The summed E-state index contributed by atoms with van der Waals surface area (Å²) in [4.78, 5) is 0. The van der Waals surface area contributed by atoms with Crippen LogP contribution in [0.25, 0.3) is 0 Å². The van der Waals surface area contributed by atoms with Crippen LogP contribution in [0.1, 0.15) is 79.1 Å². The molecule has 21 heavy (non-hydrogen) atoms. The van der Waals surface area contributed by atoms with E-state index in [1.807, 2.05) is 0 Å². The van der Waals surface area contributed by atoms with Gasteiger partial charge in [0.05, 0.1) is 17.2 Å². The molecule has 0 atom stereocenters. The molecule has 0 aliphatic carbocycles. The zero-order valence-corrected chi connectivity index (χ0v) is 15.9. The number of hydroxylamine groups is 2. The Hall–Kier alpha value is 0.360. The number of rotatable bonds is 9. The Morgan fingerprint density at radius 2 is 1.43 bits per heavy atom. The van der Waals surface area contributed by atoms with Crippen molar-refractivity contribution in [2.45, 2.75) is 96.2 Å². The lowest BCUT2D eigenvalue weighted by atomic mass is 9.80. The van der Waals surface area contributed by atoms with Crippen LogP contribution in [0.2, 0.25) is 0 Å². The fraction of sp³-hybridized carbons (Fsp3) is 1.00. The fourth-order valence-corrected chi connectivity index (χ4v) is 3.98. The van der Waals surface area contributed by atoms with E-state index in [0.29, 0.717) is 5.06 Å². The van der Waals surface area contributed by atoms with Gasteiger partial charge in [-0.1, -0.05) is 41.6 Å². The molecule has 0 aromatic rings. The normalized spacial score (nSPS) is 27.7. The van der Waals surface area contributed by atoms with E-state index in [-0.39, 0.29) is 17.2 Å². The van der Waals surface area contributed by atoms with E-state index in [9.17, 15) is 5.21 Å². The first-order chi connectivity index (χ1) is 9.79. The van der Waals surface area contributed by atoms with E-state index in [1.54, 1.807) is 0 Å². The summed E-state index contributed by atoms with van der Waals surface area (Å²) in [5.74, 6) is 0. The van der Waals surface area contributed by atoms with Gasteiger partial charge in [0.2, 0.25) is 0 Å². The highest BCUT2D eigenvalue weighted by Gasteiger charge is 2.45. The van der Waals surface area contributed by atoms with Crippen LogP contribution in [0, 0.1) is 5.21 Å². The molecule has 126 valence electrons. The number of unbranched alkanes of at least 4 members (excludes halogenated alkanes) is 5. The van der Waals surface area contributed by atoms with E-state index in [4.69, 9.17) is 4.74 Å². The highest BCUT2D eigenvalue weighted by Crippen LogP contribution is 2.26. The summed E-state index contributed by atoms with van der Waals surface area (Å²) >= 11 is 3.47. The van der Waals surface area contributed by atoms with Gasteiger partial charge in [0.15, 0.2) is 0 Å². The summed E-state index contributed by atoms with van der Waals surface area (Å²) in [6.45, 7) is 9.11. The molecule has 1 heterocycles. The Labute approximate surface area is 139 Å². The summed E-state index contributed by atoms with van der Waals surface area (Å²) < 4.78 is 6.07. The maximum atomic E-state index is 12.4. The van der Waals surface area contributed by atoms with Gasteiger partial charge in [0, 0.05) is 24.8 Å². The number of quaternary nitrogens is 1. The van der Waals surface area contributed by atoms with Crippen LogP contribution in [0.4, 0.5) is 0 Å². The summed E-state index contributed by atoms with van der Waals surface area (Å²) in [5.41, 5.74) is -0.468. The average molecular weight is 364 g/mol. The number of alkyl halides is 1. The molecule has 0 radical (unpaired) electrons. The largest absolute Gasteiger partial charge is 0.634 e. The number of hydrogen-bond acceptors (Lipinski definition) is 2. The Morgan fingerprint density at radius 1 is 0.952 bits per heavy atom. The molecule has 1 rings (SSSR count). The molecular formula is C17H34BrNO2. The number of hydrogen-bond donors (Lipinski definition) is 1. The van der Waals surface area contributed by atoms with Crippen LogP contribution in [0.5, 0.6) is 0 Å². The predicted octanol–water partition coefficient (Wildman–Crippen LogP) is 3.84. The molecule has 0 aromatic heterocycles. The van der Waals surface area contributed by atoms with Crippen molar-refractivity contribution >= 4 is 15.9 Å². The summed E-state index contributed by atoms with van der Waals surface area (Å²) in [5, 5.41) is 13.9. The smallest absolute Gasteiger partial charge is 0.0946 e. The Morgan fingerprint density at radius 3 is 1.95 bits per heavy atom. The molecule has 0 amide bonds. The van der Waals surface area contributed by atoms with Crippen molar-refractivity contribution in [3.8, 4) is 0 Å². The van der Waals surface area contributed by atoms with E-state index in [1.165, 1.54) is 32.1 Å². The van der Waals surface area contributed by atoms with Crippen molar-refractivity contribution < 1.29 is 9.80 Å². The number of ether oxygens (including phenoxy) is 1. The first-order valence-electron chi connectivity index (χ1n) is 8.52. The van der Waals surface area contributed by atoms with Crippen molar-refractivity contribution in [1.82, 2.24) is 0 Å². The minimum Gasteiger partial charge on any atom is -0.634 e. The molecule has 1 aliphatic rings. The minimum atomic E-state index is -0.234. The van der Waals surface area contributed by atoms with Crippen molar-refractivity contribution in [1.29, 1.82) is 0 Å². The molecule has 1 saturated heterocycles. The summed E-state index contributed by atoms with van der Waals surface area (Å²) in [7, 11) is 0. The quantitative estimate of drug-likeness (QED) is 0.383. The van der Waals surface area contributed by atoms with E-state index in [2.05, 4.69) is 43.6 Å². The van der Waals surface area contributed by atoms with Crippen molar-refractivity contribution in [3.05, 3.63) is 5.21 Å². The van der Waals surface area contributed by atoms with Crippen molar-refractivity contribution in [3.63, 3.8) is 0 Å². The fourth-order valence-electron chi connectivity index (χ4n) is 3.58. The number of nitrogens with one attached hydrogen (secondary N) is 1. The Kier molecular flexibility index (Phi) is 8.18. The molecule has 0 saturated carbocycles. The monoisotopic (exact) mass is 363 g/mol. The van der Waals surface area contributed by atoms with Gasteiger partial charge < -0.3 is 15.0 Å². The second-order valence-corrected chi connectivity index (χ2v) is 8.60. The molecule has 1 N–H and O–H groups in total. The van der Waals surface area contributed by atoms with Gasteiger partial charge >= 0.3 is 0 Å². The third-order valence-electron chi connectivity index (χ3n) is 4.59. The van der Waals surface area contributed by atoms with E-state index < -0.39 is 0 Å². The van der Waals surface area contributed by atoms with Gasteiger partial charge in [-0.15, -0.1) is 0 Å². The second kappa shape index (κ2) is 8.85. The molecule has 1 fully saturated rings. The highest BCUT2D eigenvalue weighted by atomic mass is 79.9. The lowest BCUT2D eigenvalue weighted by Gasteiger charge is -2.54. The molecule has 0 unspecified atom stereocenters. The first kappa shape index (κ1) is 19.4. The second-order valence-electron chi connectivity index (χ2n) is 7.81. The van der Waals surface area contributed by atoms with E-state index >= 15 is 0 Å². The predicted molar refractivity (Wildman–Crippen MR) is 93.0 cm³/mol. The van der Waals surface area contributed by atoms with Gasteiger partial charge in [0.1, 0.15) is 0 Å². The number of halogens is 1. The summed E-state index contributed by atoms with van der Waals surface area (Å²) in [6, 6.07) is 0. The van der Waals surface area contributed by atoms with Gasteiger partial charge in [-0.3, -0.25) is 0 Å². The SMILES string of the molecule is CC1(C)CC(OCCCCCCCCBr)CC(C)(C)[NH+]1[O-]. The van der Waals surface area contributed by atoms with Crippen LogP contribution in [0.15, 0.2) is 0 Å². The highest BCUT2D eigenvalue weighted by molar-refractivity contribution is 9.09. The Bertz CT molecular complexity index is 277. The van der Waals surface area contributed by atoms with Gasteiger partial charge in [-0.05, 0) is 40.5 Å². The molecular weight excluding hydrogens is 330 g/mol. The van der Waals surface area contributed by atoms with Gasteiger partial charge in [0.25, 0.3) is 0 Å². The maximum absolute atomic E-state index is 12.4. The molecule has 4 heteroatoms. The third-order valence-corrected chi connectivity index (χ3v) is 5.15. The molecule has 0 spiro atoms. The zero-order chi connectivity index (χ0) is 15.9. The lowest BCUT2D eigenvalue weighted by Crippen LogP contribution is -3.23. The molecule has 0 bridgehead atoms. The van der Waals surface area contributed by atoms with Crippen molar-refractivity contribution in [2.24, 2.45) is 0 Å². The van der Waals surface area contributed by atoms with Crippen LogP contribution in [-0.2, 0) is 4.74 Å². The average Bonchev–Trinajstić information content (AvgIpc) is 2.38. The molecule has 1 aliphatic heterocycles. The third kappa shape index (κ3) is 6.55. The first-order valence-corrected chi connectivity index (χ1v) is 9.64. The van der Waals surface area contributed by atoms with E-state index in [0.717, 1.165) is 31.2 Å². The minimum absolute atomic E-state index is 0.234. The zero-order valence-electron chi connectivity index (χ0n) is 14.3. The molecule has 3 nitrogen and oxygen atoms in total. The van der Waals surface area contributed by atoms with Crippen LogP contribution < -0.4 is 5.06 Å². The molecule has 0 aromatic carbocycles. The van der Waals surface area contributed by atoms with Gasteiger partial charge in [-0.2, -0.15) is 0 Å². The Balaban J connectivity index is 2.18. The van der Waals surface area contributed by atoms with Gasteiger partial charge in [-0.25, -0.2) is 0 Å². The summed E-state index contributed by atoms with van der Waals surface area (Å²) in [6.07, 6.45) is 9.69. The van der Waals surface area contributed by atoms with Crippen LogP contribution in [0.3, 0.4) is 0 Å². The number of piperidine rings is 1.